The van der Waals surface area contributed by atoms with Crippen LogP contribution in [0, 0.1) is 11.7 Å². The Morgan fingerprint density at radius 2 is 1.19 bits per heavy atom. The standard InChI is InChI=1S/C40H53FN12O6/c1-22(2)19-31(36(57)50-30(34(42)55)9-6-18-47-39(43)44)52-38(59)33(21-25-12-16-27(17-13-25)49-40(45)46)53-37(58)32(20-24-10-14-26(41)15-11-24)51-35(56)28-7-4-5-8-29(28)48-23(3)54/h4-5,7-8,10-17,22,30-33H,6,9,18-21H2,1-3H3,(H2,42,55)(H,48,54)(H,50,57)(H,51,56)(H,52,59)(H,53,58)(H4,43,44,47)(H4,45,46,49)/t30-,31-,32-,33-/m0/s1. The Labute approximate surface area is 341 Å². The molecule has 0 aromatic heterocycles. The molecule has 59 heavy (non-hydrogen) atoms. The molecule has 0 spiro atoms. The van der Waals surface area contributed by atoms with Gasteiger partial charge in [-0.25, -0.2) is 9.38 Å². The fourth-order valence-electron chi connectivity index (χ4n) is 5.89. The van der Waals surface area contributed by atoms with Crippen LogP contribution in [-0.4, -0.2) is 78.1 Å². The van der Waals surface area contributed by atoms with Crippen molar-refractivity contribution in [1.29, 1.82) is 0 Å². The van der Waals surface area contributed by atoms with Crippen LogP contribution in [0.25, 0.3) is 0 Å². The molecule has 15 N–H and O–H groups in total. The number of guanidine groups is 2. The number of para-hydroxylation sites is 1. The number of halogens is 1. The fraction of sp³-hybridized carbons (Fsp3) is 0.350. The summed E-state index contributed by atoms with van der Waals surface area (Å²) in [5.74, 6) is -5.14. The summed E-state index contributed by atoms with van der Waals surface area (Å²) in [5, 5.41) is 13.3. The Hall–Kier alpha value is -7.05. The molecular weight excluding hydrogens is 764 g/mol. The van der Waals surface area contributed by atoms with Crippen molar-refractivity contribution in [2.24, 2.45) is 44.6 Å². The van der Waals surface area contributed by atoms with Crippen molar-refractivity contribution in [2.75, 3.05) is 11.9 Å². The van der Waals surface area contributed by atoms with Gasteiger partial charge in [-0.15, -0.1) is 0 Å². The zero-order valence-corrected chi connectivity index (χ0v) is 33.2. The largest absolute Gasteiger partial charge is 0.370 e. The van der Waals surface area contributed by atoms with Crippen molar-refractivity contribution in [2.45, 2.75) is 77.0 Å². The second-order valence-electron chi connectivity index (χ2n) is 14.2. The number of carbonyl (C=O) groups excluding carboxylic acids is 6. The number of anilines is 1. The van der Waals surface area contributed by atoms with Gasteiger partial charge >= 0.3 is 0 Å². The van der Waals surface area contributed by atoms with Gasteiger partial charge in [0, 0.05) is 26.3 Å². The lowest BCUT2D eigenvalue weighted by Crippen LogP contribution is -2.59. The number of rotatable bonds is 21. The van der Waals surface area contributed by atoms with E-state index in [1.165, 1.54) is 43.3 Å². The van der Waals surface area contributed by atoms with Gasteiger partial charge in [-0.1, -0.05) is 50.2 Å². The average molecular weight is 817 g/mol. The summed E-state index contributed by atoms with van der Waals surface area (Å²) < 4.78 is 13.9. The molecule has 316 valence electrons. The van der Waals surface area contributed by atoms with E-state index in [1.54, 1.807) is 36.4 Å². The highest BCUT2D eigenvalue weighted by Crippen LogP contribution is 2.18. The Balaban J connectivity index is 1.98. The molecule has 0 saturated carbocycles. The quantitative estimate of drug-likeness (QED) is 0.0399. The third kappa shape index (κ3) is 16.1. The molecule has 6 amide bonds. The van der Waals surface area contributed by atoms with Crippen LogP contribution < -0.4 is 55.3 Å². The van der Waals surface area contributed by atoms with Gasteiger partial charge in [0.2, 0.25) is 29.5 Å². The molecule has 4 atom stereocenters. The Bertz CT molecular complexity index is 2000. The Morgan fingerprint density at radius 3 is 1.73 bits per heavy atom. The van der Waals surface area contributed by atoms with Gasteiger partial charge in [0.25, 0.3) is 5.91 Å². The molecule has 3 rings (SSSR count). The molecule has 0 bridgehead atoms. The molecule has 3 aromatic rings. The smallest absolute Gasteiger partial charge is 0.254 e. The van der Waals surface area contributed by atoms with Gasteiger partial charge in [-0.05, 0) is 72.7 Å². The highest BCUT2D eigenvalue weighted by molar-refractivity contribution is 6.05. The van der Waals surface area contributed by atoms with E-state index in [0.717, 1.165) is 0 Å². The van der Waals surface area contributed by atoms with Gasteiger partial charge < -0.3 is 55.3 Å². The lowest BCUT2D eigenvalue weighted by atomic mass is 9.99. The maximum absolute atomic E-state index is 14.3. The summed E-state index contributed by atoms with van der Waals surface area (Å²) in [5.41, 5.74) is 29.1. The van der Waals surface area contributed by atoms with Crippen molar-refractivity contribution in [3.63, 3.8) is 0 Å². The molecular formula is C40H53FN12O6. The summed E-state index contributed by atoms with van der Waals surface area (Å²) in [6.45, 7) is 5.13. The predicted octanol–water partition coefficient (Wildman–Crippen LogP) is 0.312. The van der Waals surface area contributed by atoms with Gasteiger partial charge in [-0.3, -0.25) is 33.8 Å². The number of nitrogens with zero attached hydrogens (tertiary/aromatic N) is 2. The first kappa shape index (κ1) is 46.3. The van der Waals surface area contributed by atoms with E-state index in [4.69, 9.17) is 28.7 Å². The van der Waals surface area contributed by atoms with Crippen molar-refractivity contribution >= 4 is 58.7 Å². The maximum Gasteiger partial charge on any atom is 0.254 e. The van der Waals surface area contributed by atoms with Gasteiger partial charge in [0.1, 0.15) is 30.0 Å². The van der Waals surface area contributed by atoms with Crippen LogP contribution in [0.4, 0.5) is 15.8 Å². The van der Waals surface area contributed by atoms with Crippen molar-refractivity contribution < 1.29 is 33.2 Å². The van der Waals surface area contributed by atoms with Gasteiger partial charge in [0.15, 0.2) is 11.9 Å². The van der Waals surface area contributed by atoms with Crippen LogP contribution in [0.3, 0.4) is 0 Å². The first-order valence-electron chi connectivity index (χ1n) is 18.8. The summed E-state index contributed by atoms with van der Waals surface area (Å²) in [6.07, 6.45) is 0.343. The van der Waals surface area contributed by atoms with Gasteiger partial charge in [-0.2, -0.15) is 0 Å². The zero-order valence-electron chi connectivity index (χ0n) is 33.2. The number of primary amides is 1. The van der Waals surface area contributed by atoms with E-state index in [0.29, 0.717) is 23.2 Å². The third-order valence-corrected chi connectivity index (χ3v) is 8.67. The second-order valence-corrected chi connectivity index (χ2v) is 14.2. The number of hydrogen-bond donors (Lipinski definition) is 10. The van der Waals surface area contributed by atoms with E-state index >= 15 is 0 Å². The van der Waals surface area contributed by atoms with E-state index in [1.807, 2.05) is 13.8 Å². The molecule has 0 heterocycles. The average Bonchev–Trinajstić information content (AvgIpc) is 3.16. The number of nitrogens with one attached hydrogen (secondary N) is 5. The lowest BCUT2D eigenvalue weighted by Gasteiger charge is -2.27. The molecule has 0 aliphatic rings. The number of carbonyl (C=O) groups is 6. The number of nitrogens with two attached hydrogens (primary N) is 5. The lowest BCUT2D eigenvalue weighted by molar-refractivity contribution is -0.134. The number of aliphatic imine (C=N–C) groups is 2. The SMILES string of the molecule is CC(=O)Nc1ccccc1C(=O)N[C@@H](Cc1ccc(F)cc1)C(=O)N[C@@H](Cc1ccc(N=C(N)N)cc1)C(=O)N[C@@H](CC(C)C)C(=O)N[C@@H](CCCN=C(N)N)C(N)=O. The summed E-state index contributed by atoms with van der Waals surface area (Å²) in [7, 11) is 0. The number of hydrogen-bond acceptors (Lipinski definition) is 8. The second kappa shape index (κ2) is 22.6. The van der Waals surface area contributed by atoms with E-state index in [2.05, 4.69) is 36.6 Å². The topological polar surface area (TPSA) is 317 Å². The first-order valence-corrected chi connectivity index (χ1v) is 18.8. The van der Waals surface area contributed by atoms with Crippen molar-refractivity contribution in [3.05, 3.63) is 95.3 Å². The zero-order chi connectivity index (χ0) is 43.6. The monoisotopic (exact) mass is 816 g/mol. The van der Waals surface area contributed by atoms with Crippen LogP contribution in [0.15, 0.2) is 82.8 Å². The fourth-order valence-corrected chi connectivity index (χ4v) is 5.89. The third-order valence-electron chi connectivity index (χ3n) is 8.67. The Morgan fingerprint density at radius 1 is 0.661 bits per heavy atom. The van der Waals surface area contributed by atoms with Crippen LogP contribution in [0.1, 0.15) is 61.5 Å². The molecule has 0 aliphatic carbocycles. The van der Waals surface area contributed by atoms with Gasteiger partial charge in [0.05, 0.1) is 16.9 Å². The summed E-state index contributed by atoms with van der Waals surface area (Å²) in [4.78, 5) is 87.9. The van der Waals surface area contributed by atoms with E-state index < -0.39 is 65.4 Å². The number of benzene rings is 3. The highest BCUT2D eigenvalue weighted by atomic mass is 19.1. The highest BCUT2D eigenvalue weighted by Gasteiger charge is 2.32. The molecule has 0 saturated heterocycles. The normalized spacial score (nSPS) is 12.8. The predicted molar refractivity (Wildman–Crippen MR) is 222 cm³/mol. The van der Waals surface area contributed by atoms with E-state index in [-0.39, 0.29) is 61.3 Å². The minimum atomic E-state index is -1.34. The summed E-state index contributed by atoms with van der Waals surface area (Å²) in [6, 6.07) is 13.0. The first-order chi connectivity index (χ1) is 27.9. The van der Waals surface area contributed by atoms with Crippen LogP contribution in [0.2, 0.25) is 0 Å². The molecule has 0 fully saturated rings. The minimum absolute atomic E-state index is 0.0582. The number of amides is 6. The minimum Gasteiger partial charge on any atom is -0.370 e. The Kier molecular flexibility index (Phi) is 17.8. The molecule has 0 aliphatic heterocycles. The molecule has 0 radical (unpaired) electrons. The van der Waals surface area contributed by atoms with Crippen LogP contribution >= 0.6 is 0 Å². The van der Waals surface area contributed by atoms with Crippen LogP contribution in [-0.2, 0) is 36.8 Å². The molecule has 19 heteroatoms. The molecule has 18 nitrogen and oxygen atoms in total. The van der Waals surface area contributed by atoms with Crippen molar-refractivity contribution in [3.8, 4) is 0 Å². The van der Waals surface area contributed by atoms with E-state index in [9.17, 15) is 33.2 Å². The summed E-state index contributed by atoms with van der Waals surface area (Å²) >= 11 is 0. The molecule has 0 unspecified atom stereocenters. The molecule has 3 aromatic carbocycles. The van der Waals surface area contributed by atoms with Crippen LogP contribution in [0.5, 0.6) is 0 Å². The van der Waals surface area contributed by atoms with Crippen molar-refractivity contribution in [1.82, 2.24) is 21.3 Å². The maximum atomic E-state index is 14.3.